The topological polar surface area (TPSA) is 83.0 Å². The van der Waals surface area contributed by atoms with Crippen molar-refractivity contribution in [3.8, 4) is 11.5 Å². The molecule has 0 aromatic heterocycles. The Bertz CT molecular complexity index is 751. The third-order valence-electron chi connectivity index (χ3n) is 2.83. The first-order chi connectivity index (χ1) is 11.5. The minimum Gasteiger partial charge on any atom is -0.503 e. The van der Waals surface area contributed by atoms with Crippen LogP contribution in [0.15, 0.2) is 46.0 Å². The molecule has 2 aromatic rings. The van der Waals surface area contributed by atoms with Gasteiger partial charge in [-0.1, -0.05) is 11.6 Å². The van der Waals surface area contributed by atoms with E-state index in [1.54, 1.807) is 36.4 Å². The van der Waals surface area contributed by atoms with Crippen LogP contribution in [0.3, 0.4) is 0 Å². The number of aromatic hydroxyl groups is 1. The first-order valence-corrected chi connectivity index (χ1v) is 8.17. The van der Waals surface area contributed by atoms with Gasteiger partial charge in [0.05, 0.1) is 17.3 Å². The SMILES string of the molecule is CCOc1cc(/C=N\NC(=O)Nc2ccc(Cl)cc2)cc(Br)c1O. The number of anilines is 1. The van der Waals surface area contributed by atoms with Crippen molar-refractivity contribution < 1.29 is 14.6 Å². The maximum atomic E-state index is 11.7. The normalized spacial score (nSPS) is 10.6. The molecular formula is C16H15BrClN3O3. The first kappa shape index (κ1) is 18.1. The number of benzene rings is 2. The van der Waals surface area contributed by atoms with E-state index >= 15 is 0 Å². The van der Waals surface area contributed by atoms with Gasteiger partial charge in [-0.05, 0) is 64.8 Å². The second kappa shape index (κ2) is 8.56. The molecule has 3 N–H and O–H groups in total. The van der Waals surface area contributed by atoms with Gasteiger partial charge >= 0.3 is 6.03 Å². The van der Waals surface area contributed by atoms with E-state index in [4.69, 9.17) is 16.3 Å². The molecule has 0 saturated carbocycles. The molecule has 2 aromatic carbocycles. The van der Waals surface area contributed by atoms with Crippen LogP contribution in [0.2, 0.25) is 5.02 Å². The van der Waals surface area contributed by atoms with Crippen LogP contribution in [0, 0.1) is 0 Å². The molecule has 0 atom stereocenters. The van der Waals surface area contributed by atoms with E-state index in [0.29, 0.717) is 33.1 Å². The van der Waals surface area contributed by atoms with Crippen molar-refractivity contribution >= 4 is 45.5 Å². The summed E-state index contributed by atoms with van der Waals surface area (Å²) in [4.78, 5) is 11.7. The number of ether oxygens (including phenoxy) is 1. The summed E-state index contributed by atoms with van der Waals surface area (Å²) in [6, 6.07) is 9.48. The smallest absolute Gasteiger partial charge is 0.339 e. The van der Waals surface area contributed by atoms with Crippen molar-refractivity contribution in [3.63, 3.8) is 0 Å². The molecule has 0 heterocycles. The summed E-state index contributed by atoms with van der Waals surface area (Å²) in [6.45, 7) is 2.24. The van der Waals surface area contributed by atoms with Crippen LogP contribution in [0.25, 0.3) is 0 Å². The second-order valence-corrected chi connectivity index (χ2v) is 5.90. The number of hydrazone groups is 1. The van der Waals surface area contributed by atoms with Crippen LogP contribution in [0.5, 0.6) is 11.5 Å². The molecule has 126 valence electrons. The predicted octanol–water partition coefficient (Wildman–Crippen LogP) is 4.36. The maximum absolute atomic E-state index is 11.7. The lowest BCUT2D eigenvalue weighted by Gasteiger charge is -2.08. The highest BCUT2D eigenvalue weighted by molar-refractivity contribution is 9.10. The van der Waals surface area contributed by atoms with Gasteiger partial charge < -0.3 is 15.2 Å². The zero-order chi connectivity index (χ0) is 17.5. The van der Waals surface area contributed by atoms with Crippen molar-refractivity contribution in [2.24, 2.45) is 5.10 Å². The summed E-state index contributed by atoms with van der Waals surface area (Å²) in [5.41, 5.74) is 3.59. The fourth-order valence-electron chi connectivity index (χ4n) is 1.79. The number of nitrogens with one attached hydrogen (secondary N) is 2. The number of hydrogen-bond acceptors (Lipinski definition) is 4. The van der Waals surface area contributed by atoms with Crippen molar-refractivity contribution in [3.05, 3.63) is 51.5 Å². The van der Waals surface area contributed by atoms with Crippen LogP contribution in [-0.2, 0) is 0 Å². The summed E-state index contributed by atoms with van der Waals surface area (Å²) < 4.78 is 5.79. The van der Waals surface area contributed by atoms with Crippen molar-refractivity contribution in [1.29, 1.82) is 0 Å². The van der Waals surface area contributed by atoms with E-state index in [-0.39, 0.29) is 5.75 Å². The van der Waals surface area contributed by atoms with E-state index in [1.165, 1.54) is 6.21 Å². The zero-order valence-corrected chi connectivity index (χ0v) is 15.1. The van der Waals surface area contributed by atoms with Crippen LogP contribution < -0.4 is 15.5 Å². The summed E-state index contributed by atoms with van der Waals surface area (Å²) in [5.74, 6) is 0.349. The molecule has 2 rings (SSSR count). The fourth-order valence-corrected chi connectivity index (χ4v) is 2.38. The van der Waals surface area contributed by atoms with Gasteiger partial charge in [-0.25, -0.2) is 10.2 Å². The van der Waals surface area contributed by atoms with Crippen LogP contribution in [-0.4, -0.2) is 24.0 Å². The highest BCUT2D eigenvalue weighted by Gasteiger charge is 2.08. The summed E-state index contributed by atoms with van der Waals surface area (Å²) in [7, 11) is 0. The molecule has 6 nitrogen and oxygen atoms in total. The molecule has 24 heavy (non-hydrogen) atoms. The fraction of sp³-hybridized carbons (Fsp3) is 0.125. The van der Waals surface area contributed by atoms with Crippen molar-refractivity contribution in [2.45, 2.75) is 6.92 Å². The molecular weight excluding hydrogens is 398 g/mol. The molecule has 0 radical (unpaired) electrons. The lowest BCUT2D eigenvalue weighted by atomic mass is 10.2. The lowest BCUT2D eigenvalue weighted by Crippen LogP contribution is -2.24. The Hall–Kier alpha value is -2.25. The molecule has 0 bridgehead atoms. The van der Waals surface area contributed by atoms with Crippen LogP contribution in [0.1, 0.15) is 12.5 Å². The average molecular weight is 413 g/mol. The first-order valence-electron chi connectivity index (χ1n) is 7.00. The predicted molar refractivity (Wildman–Crippen MR) is 98.2 cm³/mol. The average Bonchev–Trinajstić information content (AvgIpc) is 2.54. The standard InChI is InChI=1S/C16H15BrClN3O3/c1-2-24-14-8-10(7-13(17)15(14)22)9-19-21-16(23)20-12-5-3-11(18)4-6-12/h3-9,22H,2H2,1H3,(H2,20,21,23)/b19-9-. The molecule has 0 aliphatic heterocycles. The van der Waals surface area contributed by atoms with Crippen LogP contribution in [0.4, 0.5) is 10.5 Å². The molecule has 0 unspecified atom stereocenters. The Morgan fingerprint density at radius 1 is 1.38 bits per heavy atom. The quantitative estimate of drug-likeness (QED) is 0.504. The van der Waals surface area contributed by atoms with Gasteiger partial charge in [0.1, 0.15) is 0 Å². The number of carbonyl (C=O) groups excluding carboxylic acids is 1. The van der Waals surface area contributed by atoms with Crippen molar-refractivity contribution in [1.82, 2.24) is 5.43 Å². The van der Waals surface area contributed by atoms with Gasteiger partial charge in [0.25, 0.3) is 0 Å². The molecule has 0 aliphatic carbocycles. The third kappa shape index (κ3) is 5.14. The Balaban J connectivity index is 1.98. The summed E-state index contributed by atoms with van der Waals surface area (Å²) in [6.07, 6.45) is 1.44. The van der Waals surface area contributed by atoms with E-state index in [1.807, 2.05) is 6.92 Å². The van der Waals surface area contributed by atoms with E-state index < -0.39 is 6.03 Å². The second-order valence-electron chi connectivity index (χ2n) is 4.61. The minimum atomic E-state index is -0.489. The number of phenolic OH excluding ortho intramolecular Hbond substituents is 1. The van der Waals surface area contributed by atoms with Crippen LogP contribution >= 0.6 is 27.5 Å². The van der Waals surface area contributed by atoms with E-state index in [0.717, 1.165) is 0 Å². The molecule has 0 aliphatic rings. The molecule has 0 saturated heterocycles. The molecule has 0 fully saturated rings. The number of halogens is 2. The van der Waals surface area contributed by atoms with Crippen molar-refractivity contribution in [2.75, 3.05) is 11.9 Å². The number of rotatable bonds is 5. The van der Waals surface area contributed by atoms with E-state index in [2.05, 4.69) is 31.8 Å². The number of carbonyl (C=O) groups is 1. The molecule has 2 amide bonds. The summed E-state index contributed by atoms with van der Waals surface area (Å²) in [5, 5.41) is 16.9. The molecule has 8 heteroatoms. The van der Waals surface area contributed by atoms with Gasteiger partial charge in [-0.15, -0.1) is 0 Å². The minimum absolute atomic E-state index is 0.0161. The van der Waals surface area contributed by atoms with E-state index in [9.17, 15) is 9.90 Å². The maximum Gasteiger partial charge on any atom is 0.339 e. The zero-order valence-electron chi connectivity index (χ0n) is 12.7. The highest BCUT2D eigenvalue weighted by atomic mass is 79.9. The third-order valence-corrected chi connectivity index (χ3v) is 3.69. The number of hydrogen-bond donors (Lipinski definition) is 3. The Labute approximate surface area is 152 Å². The Morgan fingerprint density at radius 2 is 2.08 bits per heavy atom. The van der Waals surface area contributed by atoms with Gasteiger partial charge in [0.2, 0.25) is 0 Å². The number of nitrogens with zero attached hydrogens (tertiary/aromatic N) is 1. The largest absolute Gasteiger partial charge is 0.503 e. The van der Waals surface area contributed by atoms with Gasteiger partial charge in [-0.2, -0.15) is 5.10 Å². The van der Waals surface area contributed by atoms with Gasteiger partial charge in [0, 0.05) is 10.7 Å². The lowest BCUT2D eigenvalue weighted by molar-refractivity contribution is 0.252. The molecule has 0 spiro atoms. The monoisotopic (exact) mass is 411 g/mol. The number of phenols is 1. The van der Waals surface area contributed by atoms with Gasteiger partial charge in [-0.3, -0.25) is 0 Å². The highest BCUT2D eigenvalue weighted by Crippen LogP contribution is 2.35. The van der Waals surface area contributed by atoms with Gasteiger partial charge in [0.15, 0.2) is 11.5 Å². The Kier molecular flexibility index (Phi) is 6.45. The number of urea groups is 1. The Morgan fingerprint density at radius 3 is 2.75 bits per heavy atom. The summed E-state index contributed by atoms with van der Waals surface area (Å²) >= 11 is 9.01. The number of amides is 2.